The van der Waals surface area contributed by atoms with Crippen LogP contribution in [0.3, 0.4) is 0 Å². The average Bonchev–Trinajstić information content (AvgIpc) is 3.06. The van der Waals surface area contributed by atoms with Crippen LogP contribution in [0.1, 0.15) is 49.9 Å². The molecule has 1 heterocycles. The molecule has 26 heavy (non-hydrogen) atoms. The highest BCUT2D eigenvalue weighted by Gasteiger charge is 2.12. The molecule has 2 nitrogen and oxygen atoms in total. The fourth-order valence-electron chi connectivity index (χ4n) is 3.82. The summed E-state index contributed by atoms with van der Waals surface area (Å²) >= 11 is 0. The van der Waals surface area contributed by atoms with Gasteiger partial charge in [0.25, 0.3) is 0 Å². The molecule has 0 N–H and O–H groups in total. The zero-order chi connectivity index (χ0) is 18.1. The van der Waals surface area contributed by atoms with Crippen LogP contribution in [0, 0.1) is 0 Å². The van der Waals surface area contributed by atoms with Crippen LogP contribution in [0.25, 0.3) is 21.8 Å². The van der Waals surface area contributed by atoms with Crippen LogP contribution in [0.5, 0.6) is 0 Å². The molecule has 0 aliphatic rings. The van der Waals surface area contributed by atoms with Crippen LogP contribution >= 0.6 is 0 Å². The number of hydrogen-bond donors (Lipinski definition) is 0. The van der Waals surface area contributed by atoms with Crippen molar-refractivity contribution in [3.05, 3.63) is 77.6 Å². The molecule has 0 fully saturated rings. The molecule has 0 unspecified atom stereocenters. The lowest BCUT2D eigenvalue weighted by Gasteiger charge is -2.12. The SMILES string of the molecule is CCCc1cc(Cc2ccc3ccccc3c2)c2ncn(C(C)C)c2c1. The van der Waals surface area contributed by atoms with E-state index in [2.05, 4.69) is 79.9 Å². The predicted octanol–water partition coefficient (Wildman–Crippen LogP) is 6.31. The quantitative estimate of drug-likeness (QED) is 0.415. The minimum absolute atomic E-state index is 0.422. The van der Waals surface area contributed by atoms with Crippen molar-refractivity contribution in [1.82, 2.24) is 9.55 Å². The van der Waals surface area contributed by atoms with Crippen molar-refractivity contribution in [2.75, 3.05) is 0 Å². The largest absolute Gasteiger partial charge is 0.328 e. The molecule has 132 valence electrons. The van der Waals surface area contributed by atoms with Crippen molar-refractivity contribution in [3.63, 3.8) is 0 Å². The van der Waals surface area contributed by atoms with Crippen molar-refractivity contribution in [2.45, 2.75) is 46.1 Å². The van der Waals surface area contributed by atoms with Gasteiger partial charge in [0, 0.05) is 6.04 Å². The van der Waals surface area contributed by atoms with Gasteiger partial charge in [0.2, 0.25) is 0 Å². The molecule has 0 aliphatic carbocycles. The van der Waals surface area contributed by atoms with Crippen LogP contribution in [0.2, 0.25) is 0 Å². The van der Waals surface area contributed by atoms with E-state index < -0.39 is 0 Å². The summed E-state index contributed by atoms with van der Waals surface area (Å²) in [6.07, 6.45) is 5.20. The van der Waals surface area contributed by atoms with Gasteiger partial charge >= 0.3 is 0 Å². The van der Waals surface area contributed by atoms with Gasteiger partial charge in [0.1, 0.15) is 0 Å². The minimum atomic E-state index is 0.422. The fraction of sp³-hybridized carbons (Fsp3) is 0.292. The standard InChI is InChI=1S/C24H26N2/c1-4-7-18-13-22(24-23(15-18)26(16-25-24)17(2)3)14-19-10-11-20-8-5-6-9-21(20)12-19/h5-6,8-13,15-17H,4,7,14H2,1-3H3. The van der Waals surface area contributed by atoms with Crippen LogP contribution in [-0.4, -0.2) is 9.55 Å². The molecule has 0 amide bonds. The number of fused-ring (bicyclic) bond motifs is 2. The van der Waals surface area contributed by atoms with Gasteiger partial charge in [-0.25, -0.2) is 4.98 Å². The Kier molecular flexibility index (Phi) is 4.50. The monoisotopic (exact) mass is 342 g/mol. The average molecular weight is 342 g/mol. The van der Waals surface area contributed by atoms with Gasteiger partial charge in [-0.1, -0.05) is 61.9 Å². The molecule has 2 heteroatoms. The van der Waals surface area contributed by atoms with Crippen molar-refractivity contribution in [3.8, 4) is 0 Å². The second-order valence-electron chi connectivity index (χ2n) is 7.48. The molecule has 0 radical (unpaired) electrons. The minimum Gasteiger partial charge on any atom is -0.328 e. The summed E-state index contributed by atoms with van der Waals surface area (Å²) in [6, 6.07) is 20.5. The van der Waals surface area contributed by atoms with E-state index in [-0.39, 0.29) is 0 Å². The number of nitrogens with zero attached hydrogens (tertiary/aromatic N) is 2. The number of aromatic nitrogens is 2. The first-order valence-corrected chi connectivity index (χ1v) is 9.61. The van der Waals surface area contributed by atoms with E-state index in [0.717, 1.165) is 24.8 Å². The van der Waals surface area contributed by atoms with Crippen molar-refractivity contribution in [2.24, 2.45) is 0 Å². The second-order valence-corrected chi connectivity index (χ2v) is 7.48. The number of imidazole rings is 1. The van der Waals surface area contributed by atoms with E-state index >= 15 is 0 Å². The Labute approximate surface area is 155 Å². The first-order valence-electron chi connectivity index (χ1n) is 9.61. The molecule has 1 aromatic heterocycles. The number of aryl methyl sites for hydroxylation is 1. The Hall–Kier alpha value is -2.61. The summed E-state index contributed by atoms with van der Waals surface area (Å²) in [7, 11) is 0. The number of benzene rings is 3. The summed E-state index contributed by atoms with van der Waals surface area (Å²) in [5.74, 6) is 0. The lowest BCUT2D eigenvalue weighted by atomic mass is 9.97. The number of hydrogen-bond acceptors (Lipinski definition) is 1. The molecule has 3 aromatic carbocycles. The zero-order valence-corrected chi connectivity index (χ0v) is 15.9. The Morgan fingerprint density at radius 1 is 0.923 bits per heavy atom. The maximum absolute atomic E-state index is 4.76. The molecular weight excluding hydrogens is 316 g/mol. The van der Waals surface area contributed by atoms with E-state index in [4.69, 9.17) is 4.98 Å². The number of rotatable bonds is 5. The van der Waals surface area contributed by atoms with Gasteiger partial charge < -0.3 is 4.57 Å². The first kappa shape index (κ1) is 16.8. The molecule has 4 aromatic rings. The van der Waals surface area contributed by atoms with Crippen LogP contribution in [0.15, 0.2) is 60.9 Å². The molecule has 4 rings (SSSR count). The normalized spacial score (nSPS) is 11.7. The van der Waals surface area contributed by atoms with Gasteiger partial charge in [-0.3, -0.25) is 0 Å². The van der Waals surface area contributed by atoms with Gasteiger partial charge in [0.05, 0.1) is 17.4 Å². The summed E-state index contributed by atoms with van der Waals surface area (Å²) in [5, 5.41) is 2.60. The third kappa shape index (κ3) is 3.12. The van der Waals surface area contributed by atoms with Crippen molar-refractivity contribution >= 4 is 21.8 Å². The Balaban J connectivity index is 1.80. The van der Waals surface area contributed by atoms with Crippen molar-refractivity contribution in [1.29, 1.82) is 0 Å². The molecule has 0 bridgehead atoms. The lowest BCUT2D eigenvalue weighted by Crippen LogP contribution is -2.00. The molecule has 0 aliphatic heterocycles. The van der Waals surface area contributed by atoms with E-state index in [1.807, 2.05) is 6.33 Å². The zero-order valence-electron chi connectivity index (χ0n) is 15.9. The Bertz CT molecular complexity index is 1060. The van der Waals surface area contributed by atoms with E-state index in [1.54, 1.807) is 0 Å². The summed E-state index contributed by atoms with van der Waals surface area (Å²) in [5.41, 5.74) is 6.50. The van der Waals surface area contributed by atoms with Crippen LogP contribution < -0.4 is 0 Å². The van der Waals surface area contributed by atoms with Gasteiger partial charge in [-0.05, 0) is 60.2 Å². The third-order valence-corrected chi connectivity index (χ3v) is 5.12. The first-order chi connectivity index (χ1) is 12.7. The van der Waals surface area contributed by atoms with E-state index in [1.165, 1.54) is 33.0 Å². The summed E-state index contributed by atoms with van der Waals surface area (Å²) < 4.78 is 2.29. The van der Waals surface area contributed by atoms with E-state index in [0.29, 0.717) is 6.04 Å². The smallest absolute Gasteiger partial charge is 0.0960 e. The summed E-state index contributed by atoms with van der Waals surface area (Å²) in [4.78, 5) is 4.76. The highest BCUT2D eigenvalue weighted by Crippen LogP contribution is 2.26. The third-order valence-electron chi connectivity index (χ3n) is 5.12. The van der Waals surface area contributed by atoms with Gasteiger partial charge in [-0.2, -0.15) is 0 Å². The molecule has 0 saturated heterocycles. The second kappa shape index (κ2) is 6.95. The highest BCUT2D eigenvalue weighted by atomic mass is 15.1. The maximum atomic E-state index is 4.76. The van der Waals surface area contributed by atoms with Crippen LogP contribution in [0.4, 0.5) is 0 Å². The molecule has 0 saturated carbocycles. The maximum Gasteiger partial charge on any atom is 0.0960 e. The van der Waals surface area contributed by atoms with E-state index in [9.17, 15) is 0 Å². The summed E-state index contributed by atoms with van der Waals surface area (Å²) in [6.45, 7) is 6.68. The lowest BCUT2D eigenvalue weighted by molar-refractivity contribution is 0.617. The fourth-order valence-corrected chi connectivity index (χ4v) is 3.82. The van der Waals surface area contributed by atoms with Gasteiger partial charge in [-0.15, -0.1) is 0 Å². The molecular formula is C24H26N2. The topological polar surface area (TPSA) is 17.8 Å². The molecule has 0 spiro atoms. The van der Waals surface area contributed by atoms with Crippen molar-refractivity contribution < 1.29 is 0 Å². The Morgan fingerprint density at radius 3 is 2.50 bits per heavy atom. The Morgan fingerprint density at radius 2 is 1.73 bits per heavy atom. The van der Waals surface area contributed by atoms with Gasteiger partial charge in [0.15, 0.2) is 0 Å². The molecule has 0 atom stereocenters. The highest BCUT2D eigenvalue weighted by molar-refractivity contribution is 5.84. The van der Waals surface area contributed by atoms with Crippen LogP contribution in [-0.2, 0) is 12.8 Å². The predicted molar refractivity (Wildman–Crippen MR) is 111 cm³/mol.